The minimum Gasteiger partial charge on any atom is -0.398 e. The summed E-state index contributed by atoms with van der Waals surface area (Å²) in [5, 5.41) is 0. The molecule has 18 heavy (non-hydrogen) atoms. The molecule has 0 spiro atoms. The summed E-state index contributed by atoms with van der Waals surface area (Å²) in [5.41, 5.74) is 6.78. The van der Waals surface area contributed by atoms with E-state index in [-0.39, 0.29) is 18.1 Å². The van der Waals surface area contributed by atoms with Gasteiger partial charge in [-0.05, 0) is 19.4 Å². The van der Waals surface area contributed by atoms with Crippen LogP contribution in [-0.4, -0.2) is 41.1 Å². The van der Waals surface area contributed by atoms with Crippen molar-refractivity contribution in [1.82, 2.24) is 9.88 Å². The molecule has 0 bridgehead atoms. The van der Waals surface area contributed by atoms with Crippen LogP contribution in [0.5, 0.6) is 0 Å². The van der Waals surface area contributed by atoms with E-state index in [2.05, 4.69) is 11.9 Å². The summed E-state index contributed by atoms with van der Waals surface area (Å²) in [6, 6.07) is 1.77. The van der Waals surface area contributed by atoms with E-state index in [4.69, 9.17) is 10.5 Å². The first-order valence-electron chi connectivity index (χ1n) is 6.25. The molecule has 2 N–H and O–H groups in total. The molecule has 98 valence electrons. The number of aromatic nitrogens is 1. The summed E-state index contributed by atoms with van der Waals surface area (Å²) < 4.78 is 5.59. The maximum absolute atomic E-state index is 12.5. The van der Waals surface area contributed by atoms with Crippen LogP contribution in [0, 0.1) is 0 Å². The van der Waals surface area contributed by atoms with E-state index >= 15 is 0 Å². The van der Waals surface area contributed by atoms with Gasteiger partial charge in [0.1, 0.15) is 0 Å². The molecule has 0 aromatic carbocycles. The van der Waals surface area contributed by atoms with E-state index in [9.17, 15) is 4.79 Å². The Bertz CT molecular complexity index is 436. The van der Waals surface area contributed by atoms with E-state index in [1.807, 2.05) is 11.8 Å². The number of amides is 1. The minimum absolute atomic E-state index is 0.0531. The molecule has 1 aliphatic rings. The van der Waals surface area contributed by atoms with Crippen molar-refractivity contribution in [2.45, 2.75) is 32.4 Å². The van der Waals surface area contributed by atoms with Crippen molar-refractivity contribution in [3.63, 3.8) is 0 Å². The summed E-state index contributed by atoms with van der Waals surface area (Å²) in [4.78, 5) is 18.3. The van der Waals surface area contributed by atoms with Gasteiger partial charge in [-0.1, -0.05) is 6.92 Å². The van der Waals surface area contributed by atoms with Crippen molar-refractivity contribution in [2.75, 3.05) is 18.9 Å². The van der Waals surface area contributed by atoms with Gasteiger partial charge in [0.15, 0.2) is 0 Å². The number of pyridine rings is 1. The Balaban J connectivity index is 2.23. The molecule has 0 saturated carbocycles. The number of anilines is 1. The highest BCUT2D eigenvalue weighted by molar-refractivity contribution is 5.99. The van der Waals surface area contributed by atoms with Crippen molar-refractivity contribution < 1.29 is 9.53 Å². The van der Waals surface area contributed by atoms with Gasteiger partial charge in [-0.2, -0.15) is 0 Å². The smallest absolute Gasteiger partial charge is 0.257 e. The Hall–Kier alpha value is -1.62. The van der Waals surface area contributed by atoms with Crippen LogP contribution in [0.25, 0.3) is 0 Å². The van der Waals surface area contributed by atoms with Crippen LogP contribution >= 0.6 is 0 Å². The predicted molar refractivity (Wildman–Crippen MR) is 69.2 cm³/mol. The van der Waals surface area contributed by atoms with Crippen LogP contribution in [0.4, 0.5) is 5.69 Å². The molecule has 1 aromatic rings. The molecule has 2 heterocycles. The first-order chi connectivity index (χ1) is 8.63. The lowest BCUT2D eigenvalue weighted by atomic mass is 10.1. The normalized spacial score (nSPS) is 24.0. The first-order valence-corrected chi connectivity index (χ1v) is 6.25. The summed E-state index contributed by atoms with van der Waals surface area (Å²) in [6.07, 6.45) is 4.06. The zero-order valence-corrected chi connectivity index (χ0v) is 10.8. The van der Waals surface area contributed by atoms with Gasteiger partial charge in [0, 0.05) is 24.6 Å². The topological polar surface area (TPSA) is 68.5 Å². The number of rotatable bonds is 2. The zero-order chi connectivity index (χ0) is 13.1. The maximum Gasteiger partial charge on any atom is 0.257 e. The number of nitrogens with two attached hydrogens (primary N) is 1. The van der Waals surface area contributed by atoms with Gasteiger partial charge < -0.3 is 15.4 Å². The molecule has 1 aromatic heterocycles. The average Bonchev–Trinajstić information content (AvgIpc) is 2.38. The molecule has 2 rings (SSSR count). The molecular formula is C13H19N3O2. The molecule has 1 aliphatic heterocycles. The molecule has 2 atom stereocenters. The van der Waals surface area contributed by atoms with Crippen LogP contribution in [0.1, 0.15) is 30.6 Å². The Morgan fingerprint density at radius 1 is 1.67 bits per heavy atom. The van der Waals surface area contributed by atoms with Gasteiger partial charge in [-0.3, -0.25) is 9.78 Å². The fraction of sp³-hybridized carbons (Fsp3) is 0.538. The largest absolute Gasteiger partial charge is 0.398 e. The van der Waals surface area contributed by atoms with Crippen LogP contribution in [0.15, 0.2) is 18.5 Å². The molecular weight excluding hydrogens is 230 g/mol. The predicted octanol–water partition coefficient (Wildman–Crippen LogP) is 1.30. The Labute approximate surface area is 107 Å². The standard InChI is InChI=1S/C13H19N3O2/c1-3-10-8-18-9(2)7-16(10)13(17)11-6-15-5-4-12(11)14/h4-6,9-10H,3,7-8H2,1-2H3,(H2,14,15). The van der Waals surface area contributed by atoms with E-state index < -0.39 is 0 Å². The molecule has 1 amide bonds. The fourth-order valence-electron chi connectivity index (χ4n) is 2.17. The van der Waals surface area contributed by atoms with Crippen molar-refractivity contribution in [3.8, 4) is 0 Å². The molecule has 5 nitrogen and oxygen atoms in total. The molecule has 5 heteroatoms. The van der Waals surface area contributed by atoms with Gasteiger partial charge in [-0.25, -0.2) is 0 Å². The number of hydrogen-bond donors (Lipinski definition) is 1. The van der Waals surface area contributed by atoms with Crippen LogP contribution in [-0.2, 0) is 4.74 Å². The van der Waals surface area contributed by atoms with E-state index in [0.717, 1.165) is 6.42 Å². The van der Waals surface area contributed by atoms with Gasteiger partial charge in [-0.15, -0.1) is 0 Å². The van der Waals surface area contributed by atoms with Gasteiger partial charge in [0.2, 0.25) is 0 Å². The lowest BCUT2D eigenvalue weighted by Gasteiger charge is -2.38. The third-order valence-corrected chi connectivity index (χ3v) is 3.29. The van der Waals surface area contributed by atoms with E-state index in [1.54, 1.807) is 12.3 Å². The number of nitrogens with zero attached hydrogens (tertiary/aromatic N) is 2. The van der Waals surface area contributed by atoms with E-state index in [0.29, 0.717) is 24.4 Å². The highest BCUT2D eigenvalue weighted by atomic mass is 16.5. The molecule has 1 fully saturated rings. The SMILES string of the molecule is CCC1COC(C)CN1C(=O)c1cnccc1N. The van der Waals surface area contributed by atoms with Gasteiger partial charge in [0.05, 0.1) is 24.3 Å². The molecule has 0 aliphatic carbocycles. The summed E-state index contributed by atoms with van der Waals surface area (Å²) in [5.74, 6) is -0.0531. The van der Waals surface area contributed by atoms with Crippen molar-refractivity contribution >= 4 is 11.6 Å². The lowest BCUT2D eigenvalue weighted by molar-refractivity contribution is -0.0443. The highest BCUT2D eigenvalue weighted by Gasteiger charge is 2.30. The van der Waals surface area contributed by atoms with E-state index in [1.165, 1.54) is 6.20 Å². The van der Waals surface area contributed by atoms with Crippen LogP contribution in [0.2, 0.25) is 0 Å². The Kier molecular flexibility index (Phi) is 3.81. The fourth-order valence-corrected chi connectivity index (χ4v) is 2.17. The quantitative estimate of drug-likeness (QED) is 0.858. The van der Waals surface area contributed by atoms with Crippen molar-refractivity contribution in [2.24, 2.45) is 0 Å². The molecule has 2 unspecified atom stereocenters. The number of carbonyl (C=O) groups is 1. The Morgan fingerprint density at radius 2 is 2.44 bits per heavy atom. The number of ether oxygens (including phenoxy) is 1. The zero-order valence-electron chi connectivity index (χ0n) is 10.8. The average molecular weight is 249 g/mol. The Morgan fingerprint density at radius 3 is 3.11 bits per heavy atom. The number of hydrogen-bond acceptors (Lipinski definition) is 4. The van der Waals surface area contributed by atoms with Crippen LogP contribution in [0.3, 0.4) is 0 Å². The monoisotopic (exact) mass is 249 g/mol. The summed E-state index contributed by atoms with van der Waals surface area (Å²) in [6.45, 7) is 5.21. The highest BCUT2D eigenvalue weighted by Crippen LogP contribution is 2.20. The summed E-state index contributed by atoms with van der Waals surface area (Å²) in [7, 11) is 0. The van der Waals surface area contributed by atoms with Gasteiger partial charge >= 0.3 is 0 Å². The van der Waals surface area contributed by atoms with Gasteiger partial charge in [0.25, 0.3) is 5.91 Å². The second kappa shape index (κ2) is 5.35. The molecule has 0 radical (unpaired) electrons. The van der Waals surface area contributed by atoms with Crippen molar-refractivity contribution in [1.29, 1.82) is 0 Å². The number of nitrogen functional groups attached to an aromatic ring is 1. The molecule has 1 saturated heterocycles. The third-order valence-electron chi connectivity index (χ3n) is 3.29. The minimum atomic E-state index is -0.0531. The first kappa shape index (κ1) is 12.8. The summed E-state index contributed by atoms with van der Waals surface area (Å²) >= 11 is 0. The van der Waals surface area contributed by atoms with Crippen LogP contribution < -0.4 is 5.73 Å². The second-order valence-corrected chi connectivity index (χ2v) is 4.63. The third kappa shape index (κ3) is 2.46. The second-order valence-electron chi connectivity index (χ2n) is 4.63. The number of carbonyl (C=O) groups excluding carboxylic acids is 1. The van der Waals surface area contributed by atoms with Crippen molar-refractivity contribution in [3.05, 3.63) is 24.0 Å². The maximum atomic E-state index is 12.5. The lowest BCUT2D eigenvalue weighted by Crippen LogP contribution is -2.51. The number of morpholine rings is 1.